The van der Waals surface area contributed by atoms with E-state index >= 15 is 0 Å². The van der Waals surface area contributed by atoms with Crippen LogP contribution in [0.25, 0.3) is 5.69 Å². The van der Waals surface area contributed by atoms with Crippen LogP contribution in [0.5, 0.6) is 0 Å². The lowest BCUT2D eigenvalue weighted by molar-refractivity contribution is 0.0633. The van der Waals surface area contributed by atoms with Gasteiger partial charge in [-0.25, -0.2) is 9.48 Å². The molecule has 144 valence electrons. The van der Waals surface area contributed by atoms with Crippen molar-refractivity contribution in [1.29, 1.82) is 0 Å². The molecule has 1 atom stereocenters. The molecule has 7 heteroatoms. The smallest absolute Gasteiger partial charge is 0.319 e. The molecule has 0 saturated carbocycles. The number of piperidine rings is 1. The first-order valence-electron chi connectivity index (χ1n) is 9.78. The Kier molecular flexibility index (Phi) is 5.69. The Hall–Kier alpha value is -2.38. The zero-order valence-corrected chi connectivity index (χ0v) is 15.5. The van der Waals surface area contributed by atoms with E-state index in [1.54, 1.807) is 10.9 Å². The number of carbonyl (C=O) groups excluding carboxylic acids is 1. The third-order valence-electron chi connectivity index (χ3n) is 5.31. The fourth-order valence-corrected chi connectivity index (χ4v) is 3.87. The van der Waals surface area contributed by atoms with Crippen LogP contribution in [0.1, 0.15) is 25.7 Å². The Balaban J connectivity index is 1.27. The maximum Gasteiger partial charge on any atom is 0.319 e. The number of para-hydroxylation sites is 2. The summed E-state index contributed by atoms with van der Waals surface area (Å²) < 4.78 is 7.48. The van der Waals surface area contributed by atoms with Crippen LogP contribution in [-0.2, 0) is 4.74 Å². The highest BCUT2D eigenvalue weighted by Gasteiger charge is 2.24. The number of nitrogens with zero attached hydrogens (tertiary/aromatic N) is 3. The minimum Gasteiger partial charge on any atom is -0.377 e. The second-order valence-corrected chi connectivity index (χ2v) is 7.28. The van der Waals surface area contributed by atoms with Gasteiger partial charge >= 0.3 is 6.03 Å². The topological polar surface area (TPSA) is 71.4 Å². The molecule has 27 heavy (non-hydrogen) atoms. The fourth-order valence-electron chi connectivity index (χ4n) is 3.87. The quantitative estimate of drug-likeness (QED) is 0.850. The average Bonchev–Trinajstić information content (AvgIpc) is 3.38. The number of rotatable bonds is 5. The van der Waals surface area contributed by atoms with Crippen LogP contribution < -0.4 is 10.6 Å². The number of hydrogen-bond acceptors (Lipinski definition) is 4. The molecule has 2 aliphatic rings. The van der Waals surface area contributed by atoms with E-state index in [0.717, 1.165) is 50.5 Å². The first-order chi connectivity index (χ1) is 13.3. The summed E-state index contributed by atoms with van der Waals surface area (Å²) in [6, 6.07) is 9.58. The summed E-state index contributed by atoms with van der Waals surface area (Å²) in [5.74, 6) is 0. The molecule has 2 fully saturated rings. The van der Waals surface area contributed by atoms with Crippen LogP contribution in [0.3, 0.4) is 0 Å². The number of urea groups is 1. The molecule has 0 unspecified atom stereocenters. The van der Waals surface area contributed by atoms with E-state index in [1.165, 1.54) is 12.8 Å². The minimum absolute atomic E-state index is 0.160. The predicted octanol–water partition coefficient (Wildman–Crippen LogP) is 2.64. The summed E-state index contributed by atoms with van der Waals surface area (Å²) in [6.07, 6.45) is 8.29. The van der Waals surface area contributed by atoms with Gasteiger partial charge in [-0.05, 0) is 43.9 Å². The number of hydrogen-bond donors (Lipinski definition) is 2. The highest BCUT2D eigenvalue weighted by Crippen LogP contribution is 2.20. The van der Waals surface area contributed by atoms with Crippen molar-refractivity contribution in [3.63, 3.8) is 0 Å². The maximum atomic E-state index is 12.5. The van der Waals surface area contributed by atoms with E-state index in [-0.39, 0.29) is 12.1 Å². The van der Waals surface area contributed by atoms with Crippen LogP contribution in [0.4, 0.5) is 10.5 Å². The van der Waals surface area contributed by atoms with Gasteiger partial charge in [-0.2, -0.15) is 5.10 Å². The van der Waals surface area contributed by atoms with Gasteiger partial charge in [0.1, 0.15) is 0 Å². The molecule has 4 rings (SSSR count). The number of carbonyl (C=O) groups is 1. The Morgan fingerprint density at radius 3 is 2.78 bits per heavy atom. The standard InChI is InChI=1S/C20H27N5O2/c26-20(23-18-6-1-2-7-19(18)25-11-4-10-21-25)22-16-8-12-24(13-9-16)15-17-5-3-14-27-17/h1-2,4,6-7,10-11,16-17H,3,5,8-9,12-15H2,(H2,22,23,26)/t17-/m0/s1. The van der Waals surface area contributed by atoms with Gasteiger partial charge in [-0.1, -0.05) is 12.1 Å². The van der Waals surface area contributed by atoms with Crippen molar-refractivity contribution in [1.82, 2.24) is 20.0 Å². The monoisotopic (exact) mass is 369 g/mol. The first-order valence-corrected chi connectivity index (χ1v) is 9.78. The normalized spacial score (nSPS) is 21.3. The van der Waals surface area contributed by atoms with Crippen molar-refractivity contribution in [3.05, 3.63) is 42.7 Å². The molecule has 1 aromatic carbocycles. The van der Waals surface area contributed by atoms with Gasteiger partial charge in [-0.15, -0.1) is 0 Å². The van der Waals surface area contributed by atoms with Crippen LogP contribution in [0.15, 0.2) is 42.7 Å². The first kappa shape index (κ1) is 18.0. The summed E-state index contributed by atoms with van der Waals surface area (Å²) in [6.45, 7) is 3.95. The molecule has 2 N–H and O–H groups in total. The molecule has 0 spiro atoms. The van der Waals surface area contributed by atoms with Gasteiger partial charge in [0.05, 0.1) is 17.5 Å². The van der Waals surface area contributed by atoms with Crippen molar-refractivity contribution in [2.75, 3.05) is 31.6 Å². The Bertz CT molecular complexity index is 735. The summed E-state index contributed by atoms with van der Waals surface area (Å²) in [7, 11) is 0. The van der Waals surface area contributed by atoms with Gasteiger partial charge in [-0.3, -0.25) is 0 Å². The molecular weight excluding hydrogens is 342 g/mol. The van der Waals surface area contributed by atoms with Crippen molar-refractivity contribution in [2.24, 2.45) is 0 Å². The van der Waals surface area contributed by atoms with E-state index in [2.05, 4.69) is 20.6 Å². The second kappa shape index (κ2) is 8.54. The summed E-state index contributed by atoms with van der Waals surface area (Å²) in [5, 5.41) is 10.3. The zero-order chi connectivity index (χ0) is 18.5. The van der Waals surface area contributed by atoms with Gasteiger partial charge < -0.3 is 20.3 Å². The van der Waals surface area contributed by atoms with Gasteiger partial charge in [0.2, 0.25) is 0 Å². The number of benzene rings is 1. The van der Waals surface area contributed by atoms with Gasteiger partial charge in [0, 0.05) is 44.7 Å². The Labute approximate surface area is 159 Å². The van der Waals surface area contributed by atoms with Crippen LogP contribution in [0.2, 0.25) is 0 Å². The van der Waals surface area contributed by atoms with E-state index in [1.807, 2.05) is 36.5 Å². The lowest BCUT2D eigenvalue weighted by Gasteiger charge is -2.33. The third kappa shape index (κ3) is 4.67. The number of amides is 2. The maximum absolute atomic E-state index is 12.5. The molecule has 2 amide bonds. The molecule has 7 nitrogen and oxygen atoms in total. The van der Waals surface area contributed by atoms with Crippen molar-refractivity contribution < 1.29 is 9.53 Å². The average molecular weight is 369 g/mol. The molecule has 3 heterocycles. The summed E-state index contributed by atoms with van der Waals surface area (Å²) in [5.41, 5.74) is 1.60. The molecular formula is C20H27N5O2. The number of nitrogens with one attached hydrogen (secondary N) is 2. The molecule has 0 bridgehead atoms. The van der Waals surface area contributed by atoms with E-state index < -0.39 is 0 Å². The van der Waals surface area contributed by atoms with Crippen LogP contribution in [0, 0.1) is 0 Å². The van der Waals surface area contributed by atoms with Crippen molar-refractivity contribution in [3.8, 4) is 5.69 Å². The Morgan fingerprint density at radius 1 is 1.19 bits per heavy atom. The molecule has 2 aliphatic heterocycles. The Morgan fingerprint density at radius 2 is 2.04 bits per heavy atom. The molecule has 0 radical (unpaired) electrons. The van der Waals surface area contributed by atoms with Crippen LogP contribution >= 0.6 is 0 Å². The highest BCUT2D eigenvalue weighted by molar-refractivity contribution is 5.91. The van der Waals surface area contributed by atoms with Crippen LogP contribution in [-0.4, -0.2) is 59.1 Å². The third-order valence-corrected chi connectivity index (χ3v) is 5.31. The van der Waals surface area contributed by atoms with E-state index in [4.69, 9.17) is 4.74 Å². The van der Waals surface area contributed by atoms with E-state index in [9.17, 15) is 4.79 Å². The van der Waals surface area contributed by atoms with Gasteiger partial charge in [0.15, 0.2) is 0 Å². The largest absolute Gasteiger partial charge is 0.377 e. The lowest BCUT2D eigenvalue weighted by atomic mass is 10.0. The highest BCUT2D eigenvalue weighted by atomic mass is 16.5. The zero-order valence-electron chi connectivity index (χ0n) is 15.5. The SMILES string of the molecule is O=C(Nc1ccccc1-n1cccn1)NC1CCN(C[C@@H]2CCCO2)CC1. The second-order valence-electron chi connectivity index (χ2n) is 7.28. The van der Waals surface area contributed by atoms with Crippen molar-refractivity contribution in [2.45, 2.75) is 37.8 Å². The molecule has 1 aromatic heterocycles. The number of likely N-dealkylation sites (tertiary alicyclic amines) is 1. The summed E-state index contributed by atoms with van der Waals surface area (Å²) >= 11 is 0. The van der Waals surface area contributed by atoms with Crippen molar-refractivity contribution >= 4 is 11.7 Å². The number of ether oxygens (including phenoxy) is 1. The lowest BCUT2D eigenvalue weighted by Crippen LogP contribution is -2.47. The molecule has 2 saturated heterocycles. The number of anilines is 1. The molecule has 0 aliphatic carbocycles. The van der Waals surface area contributed by atoms with E-state index in [0.29, 0.717) is 6.10 Å². The van der Waals surface area contributed by atoms with Gasteiger partial charge in [0.25, 0.3) is 0 Å². The summed E-state index contributed by atoms with van der Waals surface area (Å²) in [4.78, 5) is 14.9. The molecule has 2 aromatic rings. The minimum atomic E-state index is -0.160. The predicted molar refractivity (Wildman–Crippen MR) is 104 cm³/mol. The fraction of sp³-hybridized carbons (Fsp3) is 0.500. The number of aromatic nitrogens is 2.